The summed E-state index contributed by atoms with van der Waals surface area (Å²) in [6, 6.07) is 6.06. The Bertz CT molecular complexity index is 1040. The summed E-state index contributed by atoms with van der Waals surface area (Å²) in [5.41, 5.74) is 3.09. The van der Waals surface area contributed by atoms with E-state index >= 15 is 0 Å². The predicted molar refractivity (Wildman–Crippen MR) is 173 cm³/mol. The number of hydrogen-bond donors (Lipinski definition) is 0. The van der Waals surface area contributed by atoms with Crippen molar-refractivity contribution >= 4 is 8.32 Å². The van der Waals surface area contributed by atoms with E-state index in [1.807, 2.05) is 6.07 Å². The minimum atomic E-state index is -1.81. The Morgan fingerprint density at radius 3 is 2.20 bits per heavy atom. The van der Waals surface area contributed by atoms with Crippen LogP contribution in [0, 0.1) is 40.4 Å². The van der Waals surface area contributed by atoms with Gasteiger partial charge in [0, 0.05) is 12.7 Å². The van der Waals surface area contributed by atoms with E-state index in [9.17, 15) is 0 Å². The maximum absolute atomic E-state index is 6.98. The summed E-state index contributed by atoms with van der Waals surface area (Å²) in [6.07, 6.45) is 8.88. The van der Waals surface area contributed by atoms with Crippen LogP contribution >= 0.6 is 0 Å². The van der Waals surface area contributed by atoms with Gasteiger partial charge in [-0.15, -0.1) is 0 Å². The summed E-state index contributed by atoms with van der Waals surface area (Å²) in [7, 11) is 1.60. The van der Waals surface area contributed by atoms with Gasteiger partial charge in [-0.05, 0) is 115 Å². The molecule has 4 nitrogen and oxygen atoms in total. The van der Waals surface area contributed by atoms with Crippen LogP contribution in [0.1, 0.15) is 92.1 Å². The monoisotopic (exact) mass is 584 g/mol. The van der Waals surface area contributed by atoms with Crippen molar-refractivity contribution in [2.45, 2.75) is 111 Å². The topological polar surface area (TPSA) is 36.9 Å². The number of allylic oxidation sites excluding steroid dienone is 1. The molecule has 41 heavy (non-hydrogen) atoms. The van der Waals surface area contributed by atoms with Gasteiger partial charge in [-0.3, -0.25) is 0 Å². The van der Waals surface area contributed by atoms with Gasteiger partial charge in [-0.1, -0.05) is 60.1 Å². The SMILES string of the molecule is C=C1CC[C@H]2[C@H](COCc3cc(OC)cc(OC)c3)[C@@H]([C@@]3(C)CC[C@H](C)C[C@@H]3CO[Si](C)(C)C(C)(C)C)CC[C@]12C. The second-order valence-corrected chi connectivity index (χ2v) is 20.7. The first kappa shape index (κ1) is 32.6. The summed E-state index contributed by atoms with van der Waals surface area (Å²) in [6.45, 7) is 26.4. The van der Waals surface area contributed by atoms with Gasteiger partial charge >= 0.3 is 0 Å². The van der Waals surface area contributed by atoms with Crippen molar-refractivity contribution in [2.75, 3.05) is 27.4 Å². The Kier molecular flexibility index (Phi) is 9.83. The highest BCUT2D eigenvalue weighted by atomic mass is 28.4. The lowest BCUT2D eigenvalue weighted by molar-refractivity contribution is -0.102. The van der Waals surface area contributed by atoms with Crippen LogP contribution in [0.2, 0.25) is 18.1 Å². The number of fused-ring (bicyclic) bond motifs is 1. The zero-order valence-corrected chi connectivity index (χ0v) is 29.0. The van der Waals surface area contributed by atoms with E-state index in [1.54, 1.807) is 14.2 Å². The number of benzene rings is 1. The molecule has 0 heterocycles. The third-order valence-corrected chi connectivity index (χ3v) is 17.0. The zero-order chi connectivity index (χ0) is 30.2. The molecule has 0 aliphatic heterocycles. The predicted octanol–water partition coefficient (Wildman–Crippen LogP) is 9.68. The lowest BCUT2D eigenvalue weighted by Gasteiger charge is -2.57. The number of rotatable bonds is 10. The van der Waals surface area contributed by atoms with Gasteiger partial charge in [0.1, 0.15) is 11.5 Å². The second kappa shape index (κ2) is 12.4. The Morgan fingerprint density at radius 2 is 1.59 bits per heavy atom. The molecule has 3 saturated carbocycles. The van der Waals surface area contributed by atoms with Gasteiger partial charge < -0.3 is 18.6 Å². The third kappa shape index (κ3) is 6.62. The summed E-state index contributed by atoms with van der Waals surface area (Å²) in [5, 5.41) is 0.236. The minimum absolute atomic E-state index is 0.236. The largest absolute Gasteiger partial charge is 0.497 e. The molecule has 4 rings (SSSR count). The zero-order valence-electron chi connectivity index (χ0n) is 28.0. The van der Waals surface area contributed by atoms with Crippen molar-refractivity contribution in [1.29, 1.82) is 0 Å². The van der Waals surface area contributed by atoms with Crippen LogP contribution in [0.5, 0.6) is 11.5 Å². The number of ether oxygens (including phenoxy) is 3. The first-order chi connectivity index (χ1) is 19.1. The van der Waals surface area contributed by atoms with E-state index in [0.717, 1.165) is 36.2 Å². The minimum Gasteiger partial charge on any atom is -0.497 e. The van der Waals surface area contributed by atoms with Crippen LogP contribution < -0.4 is 9.47 Å². The molecule has 1 aromatic rings. The summed E-state index contributed by atoms with van der Waals surface area (Å²) >= 11 is 0. The molecular weight excluding hydrogens is 524 g/mol. The average molecular weight is 585 g/mol. The van der Waals surface area contributed by atoms with E-state index in [1.165, 1.54) is 50.5 Å². The molecule has 0 unspecified atom stereocenters. The molecule has 232 valence electrons. The summed E-state index contributed by atoms with van der Waals surface area (Å²) in [5.74, 6) is 4.82. The maximum Gasteiger partial charge on any atom is 0.191 e. The molecule has 1 aromatic carbocycles. The van der Waals surface area contributed by atoms with Crippen molar-refractivity contribution in [3.8, 4) is 11.5 Å². The summed E-state index contributed by atoms with van der Waals surface area (Å²) in [4.78, 5) is 0. The van der Waals surface area contributed by atoms with Gasteiger partial charge in [0.15, 0.2) is 8.32 Å². The van der Waals surface area contributed by atoms with Crippen LogP contribution in [0.25, 0.3) is 0 Å². The van der Waals surface area contributed by atoms with Gasteiger partial charge in [-0.25, -0.2) is 0 Å². The standard InChI is InChI=1S/C36H60O4Si/c1-25-14-16-36(7,28(18-25)23-40-41(10,11)34(3,4)5)33-15-17-35(6)26(2)12-13-32(35)31(33)24-39-22-27-19-29(37-8)21-30(20-27)38-9/h19-21,25,28,31-33H,2,12-18,22-24H2,1,3-11H3/t25-,28+,31-,32-,33-,35+,36-/m0/s1. The highest BCUT2D eigenvalue weighted by Gasteiger charge is 2.57. The van der Waals surface area contributed by atoms with Crippen LogP contribution in [0.3, 0.4) is 0 Å². The first-order valence-electron chi connectivity index (χ1n) is 16.3. The molecule has 0 bridgehead atoms. The second-order valence-electron chi connectivity index (χ2n) is 15.9. The Labute approximate surface area is 253 Å². The molecule has 0 amide bonds. The van der Waals surface area contributed by atoms with Crippen LogP contribution in [0.4, 0.5) is 0 Å². The highest BCUT2D eigenvalue weighted by molar-refractivity contribution is 6.74. The van der Waals surface area contributed by atoms with Crippen molar-refractivity contribution < 1.29 is 18.6 Å². The lowest BCUT2D eigenvalue weighted by Crippen LogP contribution is -2.52. The molecule has 3 aliphatic rings. The Balaban J connectivity index is 1.59. The molecule has 5 heteroatoms. The Morgan fingerprint density at radius 1 is 0.927 bits per heavy atom. The quantitative estimate of drug-likeness (QED) is 0.203. The van der Waals surface area contributed by atoms with Crippen molar-refractivity contribution in [1.82, 2.24) is 0 Å². The fourth-order valence-electron chi connectivity index (χ4n) is 8.41. The molecular formula is C36H60O4Si. The van der Waals surface area contributed by atoms with Crippen molar-refractivity contribution in [3.05, 3.63) is 35.9 Å². The van der Waals surface area contributed by atoms with E-state index < -0.39 is 8.32 Å². The van der Waals surface area contributed by atoms with E-state index in [2.05, 4.69) is 73.3 Å². The lowest BCUT2D eigenvalue weighted by atomic mass is 9.49. The van der Waals surface area contributed by atoms with Crippen molar-refractivity contribution in [3.63, 3.8) is 0 Å². The number of methoxy groups -OCH3 is 2. The first-order valence-corrected chi connectivity index (χ1v) is 19.2. The van der Waals surface area contributed by atoms with Gasteiger partial charge in [0.2, 0.25) is 0 Å². The molecule has 0 N–H and O–H groups in total. The van der Waals surface area contributed by atoms with Crippen LogP contribution in [-0.4, -0.2) is 35.8 Å². The van der Waals surface area contributed by atoms with Gasteiger partial charge in [0.05, 0.1) is 27.4 Å². The fourth-order valence-corrected chi connectivity index (χ4v) is 9.47. The van der Waals surface area contributed by atoms with E-state index in [-0.39, 0.29) is 15.9 Å². The third-order valence-electron chi connectivity index (χ3n) is 12.5. The maximum atomic E-state index is 6.98. The summed E-state index contributed by atoms with van der Waals surface area (Å²) < 4.78 is 24.7. The number of hydrogen-bond acceptors (Lipinski definition) is 4. The molecule has 0 aromatic heterocycles. The van der Waals surface area contributed by atoms with Crippen LogP contribution in [0.15, 0.2) is 30.4 Å². The van der Waals surface area contributed by atoms with Gasteiger partial charge in [-0.2, -0.15) is 0 Å². The molecule has 3 aliphatic carbocycles. The highest BCUT2D eigenvalue weighted by Crippen LogP contribution is 2.64. The van der Waals surface area contributed by atoms with Gasteiger partial charge in [0.25, 0.3) is 0 Å². The van der Waals surface area contributed by atoms with E-state index in [0.29, 0.717) is 30.3 Å². The smallest absolute Gasteiger partial charge is 0.191 e. The molecule has 0 spiro atoms. The Hall–Kier alpha value is -1.30. The van der Waals surface area contributed by atoms with Crippen molar-refractivity contribution in [2.24, 2.45) is 40.4 Å². The molecule has 0 saturated heterocycles. The van der Waals surface area contributed by atoms with Crippen LogP contribution in [-0.2, 0) is 15.8 Å². The van der Waals surface area contributed by atoms with E-state index in [4.69, 9.17) is 18.6 Å². The molecule has 7 atom stereocenters. The normalized spacial score (nSPS) is 34.4. The average Bonchev–Trinajstić information content (AvgIpc) is 3.22. The molecule has 0 radical (unpaired) electrons. The fraction of sp³-hybridized carbons (Fsp3) is 0.778. The molecule has 3 fully saturated rings.